The lowest BCUT2D eigenvalue weighted by atomic mass is 10.1. The zero-order chi connectivity index (χ0) is 17.2. The molecule has 1 aliphatic heterocycles. The first kappa shape index (κ1) is 15.8. The lowest BCUT2D eigenvalue weighted by Crippen LogP contribution is -2.30. The average Bonchev–Trinajstić information content (AvgIpc) is 2.97. The van der Waals surface area contributed by atoms with Crippen LogP contribution < -0.4 is 9.80 Å². The van der Waals surface area contributed by atoms with Crippen molar-refractivity contribution >= 4 is 11.4 Å². The number of anilines is 2. The van der Waals surface area contributed by atoms with Crippen molar-refractivity contribution in [1.29, 1.82) is 0 Å². The molecule has 2 heteroatoms. The van der Waals surface area contributed by atoms with E-state index in [1.54, 1.807) is 0 Å². The molecule has 0 saturated heterocycles. The van der Waals surface area contributed by atoms with Crippen molar-refractivity contribution in [2.45, 2.75) is 26.9 Å². The second-order valence-corrected chi connectivity index (χ2v) is 6.88. The molecular weight excluding hydrogens is 304 g/mol. The van der Waals surface area contributed by atoms with Gasteiger partial charge in [-0.3, -0.25) is 0 Å². The Hall–Kier alpha value is -2.74. The molecule has 0 atom stereocenters. The summed E-state index contributed by atoms with van der Waals surface area (Å²) < 4.78 is 0. The van der Waals surface area contributed by atoms with Crippen molar-refractivity contribution in [3.05, 3.63) is 95.1 Å². The molecule has 2 nitrogen and oxygen atoms in total. The molecular formula is C23H24N2. The van der Waals surface area contributed by atoms with Crippen LogP contribution in [0.1, 0.15) is 22.3 Å². The molecule has 0 N–H and O–H groups in total. The largest absolute Gasteiger partial charge is 0.348 e. The standard InChI is InChI=1S/C23H24N2/c1-18-13-14-22-23(19(18)2)25(16-21-11-7-4-8-12-21)17-24(22)15-20-9-5-3-6-10-20/h3-14H,15-17H2,1-2H3. The van der Waals surface area contributed by atoms with E-state index in [1.165, 1.54) is 33.6 Å². The quantitative estimate of drug-likeness (QED) is 0.642. The fourth-order valence-corrected chi connectivity index (χ4v) is 3.67. The molecule has 1 heterocycles. The highest BCUT2D eigenvalue weighted by atomic mass is 15.4. The molecule has 0 radical (unpaired) electrons. The molecule has 4 rings (SSSR count). The first-order chi connectivity index (χ1) is 12.2. The molecule has 0 amide bonds. The van der Waals surface area contributed by atoms with Crippen molar-refractivity contribution < 1.29 is 0 Å². The average molecular weight is 328 g/mol. The third-order valence-electron chi connectivity index (χ3n) is 5.11. The summed E-state index contributed by atoms with van der Waals surface area (Å²) >= 11 is 0. The van der Waals surface area contributed by atoms with Crippen molar-refractivity contribution in [2.24, 2.45) is 0 Å². The van der Waals surface area contributed by atoms with Gasteiger partial charge in [0.25, 0.3) is 0 Å². The Morgan fingerprint density at radius 3 is 1.84 bits per heavy atom. The minimum Gasteiger partial charge on any atom is -0.348 e. The number of hydrogen-bond acceptors (Lipinski definition) is 2. The van der Waals surface area contributed by atoms with Gasteiger partial charge >= 0.3 is 0 Å². The van der Waals surface area contributed by atoms with Gasteiger partial charge < -0.3 is 9.80 Å². The zero-order valence-corrected chi connectivity index (χ0v) is 14.9. The van der Waals surface area contributed by atoms with Gasteiger partial charge in [-0.05, 0) is 42.2 Å². The Bertz CT molecular complexity index is 856. The Kier molecular flexibility index (Phi) is 4.19. The van der Waals surface area contributed by atoms with Crippen LogP contribution in [-0.4, -0.2) is 6.67 Å². The molecule has 0 spiro atoms. The highest BCUT2D eigenvalue weighted by Crippen LogP contribution is 2.41. The minimum absolute atomic E-state index is 0.934. The number of nitrogens with zero attached hydrogens (tertiary/aromatic N) is 2. The van der Waals surface area contributed by atoms with Crippen LogP contribution in [-0.2, 0) is 13.1 Å². The van der Waals surface area contributed by atoms with E-state index < -0.39 is 0 Å². The van der Waals surface area contributed by atoms with Crippen LogP contribution in [0.5, 0.6) is 0 Å². The SMILES string of the molecule is Cc1ccc2c(c1C)N(Cc1ccccc1)CN2Cc1ccccc1. The Labute approximate surface area is 150 Å². The van der Waals surface area contributed by atoms with E-state index in [1.807, 2.05) is 0 Å². The third kappa shape index (κ3) is 3.12. The van der Waals surface area contributed by atoms with Gasteiger partial charge in [-0.25, -0.2) is 0 Å². The molecule has 3 aromatic rings. The van der Waals surface area contributed by atoms with Gasteiger partial charge in [0.05, 0.1) is 18.0 Å². The number of aryl methyl sites for hydroxylation is 1. The summed E-state index contributed by atoms with van der Waals surface area (Å²) in [6, 6.07) is 26.0. The van der Waals surface area contributed by atoms with Crippen molar-refractivity contribution in [3.63, 3.8) is 0 Å². The van der Waals surface area contributed by atoms with Gasteiger partial charge in [0.2, 0.25) is 0 Å². The molecule has 0 aromatic heterocycles. The maximum Gasteiger partial charge on any atom is 0.0911 e. The Morgan fingerprint density at radius 1 is 0.680 bits per heavy atom. The van der Waals surface area contributed by atoms with Crippen LogP contribution >= 0.6 is 0 Å². The molecule has 0 fully saturated rings. The van der Waals surface area contributed by atoms with E-state index in [-0.39, 0.29) is 0 Å². The molecule has 126 valence electrons. The monoisotopic (exact) mass is 328 g/mol. The van der Waals surface area contributed by atoms with E-state index in [4.69, 9.17) is 0 Å². The van der Waals surface area contributed by atoms with Crippen molar-refractivity contribution in [2.75, 3.05) is 16.5 Å². The summed E-state index contributed by atoms with van der Waals surface area (Å²) in [5.41, 5.74) is 8.20. The maximum absolute atomic E-state index is 2.51. The minimum atomic E-state index is 0.934. The van der Waals surface area contributed by atoms with Gasteiger partial charge in [0, 0.05) is 13.1 Å². The molecule has 0 unspecified atom stereocenters. The topological polar surface area (TPSA) is 6.48 Å². The van der Waals surface area contributed by atoms with Crippen LogP contribution in [0.2, 0.25) is 0 Å². The second-order valence-electron chi connectivity index (χ2n) is 6.88. The number of fused-ring (bicyclic) bond motifs is 1. The summed E-state index contributed by atoms with van der Waals surface area (Å²) in [4.78, 5) is 5.00. The Balaban J connectivity index is 1.67. The zero-order valence-electron chi connectivity index (χ0n) is 14.9. The van der Waals surface area contributed by atoms with Crippen LogP contribution in [0.4, 0.5) is 11.4 Å². The van der Waals surface area contributed by atoms with Crippen LogP contribution in [0.3, 0.4) is 0 Å². The fraction of sp³-hybridized carbons (Fsp3) is 0.217. The smallest absolute Gasteiger partial charge is 0.0911 e. The fourth-order valence-electron chi connectivity index (χ4n) is 3.67. The first-order valence-electron chi connectivity index (χ1n) is 8.90. The van der Waals surface area contributed by atoms with Gasteiger partial charge in [0.15, 0.2) is 0 Å². The molecule has 25 heavy (non-hydrogen) atoms. The summed E-state index contributed by atoms with van der Waals surface area (Å²) in [5, 5.41) is 0. The molecule has 0 saturated carbocycles. The molecule has 1 aliphatic rings. The molecule has 0 bridgehead atoms. The number of hydrogen-bond donors (Lipinski definition) is 0. The van der Waals surface area contributed by atoms with Crippen molar-refractivity contribution in [1.82, 2.24) is 0 Å². The number of benzene rings is 3. The summed E-state index contributed by atoms with van der Waals surface area (Å²) in [7, 11) is 0. The molecule has 3 aromatic carbocycles. The van der Waals surface area contributed by atoms with Gasteiger partial charge in [-0.2, -0.15) is 0 Å². The van der Waals surface area contributed by atoms with Gasteiger partial charge in [-0.15, -0.1) is 0 Å². The van der Waals surface area contributed by atoms with Crippen LogP contribution in [0.15, 0.2) is 72.8 Å². The van der Waals surface area contributed by atoms with E-state index in [9.17, 15) is 0 Å². The predicted molar refractivity (Wildman–Crippen MR) is 106 cm³/mol. The van der Waals surface area contributed by atoms with Gasteiger partial charge in [0.1, 0.15) is 0 Å². The second kappa shape index (κ2) is 6.64. The van der Waals surface area contributed by atoms with E-state index >= 15 is 0 Å². The van der Waals surface area contributed by atoms with E-state index in [0.29, 0.717) is 0 Å². The highest BCUT2D eigenvalue weighted by Gasteiger charge is 2.28. The highest BCUT2D eigenvalue weighted by molar-refractivity contribution is 5.80. The summed E-state index contributed by atoms with van der Waals surface area (Å²) in [5.74, 6) is 0. The lowest BCUT2D eigenvalue weighted by molar-refractivity contribution is 0.762. The summed E-state index contributed by atoms with van der Waals surface area (Å²) in [6.07, 6.45) is 0. The van der Waals surface area contributed by atoms with Crippen molar-refractivity contribution in [3.8, 4) is 0 Å². The molecule has 0 aliphatic carbocycles. The van der Waals surface area contributed by atoms with Crippen LogP contribution in [0, 0.1) is 13.8 Å². The maximum atomic E-state index is 2.51. The predicted octanol–water partition coefficient (Wildman–Crippen LogP) is 5.29. The third-order valence-corrected chi connectivity index (χ3v) is 5.11. The Morgan fingerprint density at radius 2 is 1.24 bits per heavy atom. The first-order valence-corrected chi connectivity index (χ1v) is 8.90. The number of rotatable bonds is 4. The van der Waals surface area contributed by atoms with E-state index in [2.05, 4.69) is 96.4 Å². The summed E-state index contributed by atoms with van der Waals surface area (Å²) in [6.45, 7) is 7.28. The lowest BCUT2D eigenvalue weighted by Gasteiger charge is -2.22. The van der Waals surface area contributed by atoms with Gasteiger partial charge in [-0.1, -0.05) is 66.7 Å². The van der Waals surface area contributed by atoms with E-state index in [0.717, 1.165) is 19.8 Å². The normalized spacial score (nSPS) is 13.2. The van der Waals surface area contributed by atoms with Crippen LogP contribution in [0.25, 0.3) is 0 Å².